The first kappa shape index (κ1) is 24.0. The second kappa shape index (κ2) is 9.60. The summed E-state index contributed by atoms with van der Waals surface area (Å²) in [5.74, 6) is 0.728. The number of carbonyl (C=O) groups excluding carboxylic acids is 3. The minimum atomic E-state index is -0.785. The molecule has 0 radical (unpaired) electrons. The van der Waals surface area contributed by atoms with Crippen molar-refractivity contribution in [3.8, 4) is 0 Å². The van der Waals surface area contributed by atoms with Gasteiger partial charge >= 0.3 is 17.9 Å². The predicted octanol–water partition coefficient (Wildman–Crippen LogP) is 1.86. The average molecular weight is 471 g/mol. The summed E-state index contributed by atoms with van der Waals surface area (Å²) in [6.07, 6.45) is 4.99. The van der Waals surface area contributed by atoms with Crippen LogP contribution in [0.2, 0.25) is 0 Å². The Morgan fingerprint density at radius 1 is 1.29 bits per heavy atom. The highest BCUT2D eigenvalue weighted by atomic mass is 16.6. The maximum atomic E-state index is 12.1. The summed E-state index contributed by atoms with van der Waals surface area (Å²) in [6, 6.07) is 1.95. The van der Waals surface area contributed by atoms with Crippen LogP contribution in [0.1, 0.15) is 57.1 Å². The van der Waals surface area contributed by atoms with Crippen LogP contribution >= 0.6 is 0 Å². The van der Waals surface area contributed by atoms with E-state index in [-0.39, 0.29) is 6.04 Å². The summed E-state index contributed by atoms with van der Waals surface area (Å²) >= 11 is 0. The zero-order valence-electron chi connectivity index (χ0n) is 20.3. The van der Waals surface area contributed by atoms with Crippen molar-refractivity contribution in [2.45, 2.75) is 64.5 Å². The van der Waals surface area contributed by atoms with Crippen molar-refractivity contribution >= 4 is 29.4 Å². The normalized spacial score (nSPS) is 25.5. The number of pyridine rings is 1. The van der Waals surface area contributed by atoms with E-state index in [2.05, 4.69) is 44.0 Å². The second-order valence-electron chi connectivity index (χ2n) is 9.96. The molecule has 2 fully saturated rings. The maximum absolute atomic E-state index is 12.1. The van der Waals surface area contributed by atoms with Gasteiger partial charge in [0.2, 0.25) is 0 Å². The molecule has 184 valence electrons. The lowest BCUT2D eigenvalue weighted by molar-refractivity contribution is -0.139. The highest BCUT2D eigenvalue weighted by Gasteiger charge is 2.47. The fourth-order valence-electron chi connectivity index (χ4n) is 5.29. The van der Waals surface area contributed by atoms with E-state index in [0.717, 1.165) is 55.0 Å². The van der Waals surface area contributed by atoms with Gasteiger partial charge < -0.3 is 20.3 Å². The number of nitrogens with one attached hydrogen (secondary N) is 3. The first-order valence-electron chi connectivity index (χ1n) is 12.0. The van der Waals surface area contributed by atoms with Crippen molar-refractivity contribution in [1.29, 1.82) is 0 Å². The van der Waals surface area contributed by atoms with Gasteiger partial charge in [0.05, 0.1) is 0 Å². The molecule has 34 heavy (non-hydrogen) atoms. The van der Waals surface area contributed by atoms with Crippen molar-refractivity contribution in [2.24, 2.45) is 16.9 Å². The van der Waals surface area contributed by atoms with Crippen molar-refractivity contribution in [3.63, 3.8) is 0 Å². The first-order valence-corrected chi connectivity index (χ1v) is 12.0. The van der Waals surface area contributed by atoms with Crippen molar-refractivity contribution in [3.05, 3.63) is 23.4 Å². The zero-order valence-corrected chi connectivity index (χ0v) is 20.3. The Labute approximate surface area is 199 Å². The molecule has 1 aliphatic carbocycles. The molecule has 1 aromatic heterocycles. The van der Waals surface area contributed by atoms with Crippen LogP contribution in [0.4, 0.5) is 10.6 Å². The molecular weight excluding hydrogens is 436 g/mol. The van der Waals surface area contributed by atoms with Gasteiger partial charge in [-0.2, -0.15) is 5.10 Å². The molecule has 0 unspecified atom stereocenters. The molecule has 10 heteroatoms. The van der Waals surface area contributed by atoms with Crippen LogP contribution < -0.4 is 21.0 Å². The third-order valence-corrected chi connectivity index (χ3v) is 7.13. The highest BCUT2D eigenvalue weighted by Crippen LogP contribution is 2.41. The van der Waals surface area contributed by atoms with Gasteiger partial charge in [0.1, 0.15) is 11.5 Å². The van der Waals surface area contributed by atoms with Crippen LogP contribution in [0.25, 0.3) is 0 Å². The van der Waals surface area contributed by atoms with Crippen LogP contribution in [0.15, 0.2) is 17.4 Å². The summed E-state index contributed by atoms with van der Waals surface area (Å²) in [5, 5.41) is 9.51. The lowest BCUT2D eigenvalue weighted by Crippen LogP contribution is -2.53. The lowest BCUT2D eigenvalue weighted by atomic mass is 9.72. The molecule has 0 bridgehead atoms. The van der Waals surface area contributed by atoms with Gasteiger partial charge in [-0.25, -0.2) is 15.2 Å². The molecule has 1 saturated heterocycles. The molecule has 1 saturated carbocycles. The minimum Gasteiger partial charge on any atom is -0.435 e. The minimum absolute atomic E-state index is 0.129. The average Bonchev–Trinajstić information content (AvgIpc) is 2.78. The van der Waals surface area contributed by atoms with Crippen LogP contribution in [-0.4, -0.2) is 60.4 Å². The van der Waals surface area contributed by atoms with Gasteiger partial charge in [0.25, 0.3) is 0 Å². The Morgan fingerprint density at radius 2 is 2.00 bits per heavy atom. The van der Waals surface area contributed by atoms with Crippen LogP contribution in [0, 0.1) is 18.8 Å². The SMILES string of the molecule is CNC(=O)C(=O)N[C@@H](C)CC1CCC2(CC1)OC(=O)NN=C2c1cnc(N2CC(C)C2)cc1C. The summed E-state index contributed by atoms with van der Waals surface area (Å²) in [5.41, 5.74) is 4.36. The van der Waals surface area contributed by atoms with E-state index >= 15 is 0 Å². The number of aryl methyl sites for hydroxylation is 1. The second-order valence-corrected chi connectivity index (χ2v) is 9.96. The molecule has 3 amide bonds. The van der Waals surface area contributed by atoms with E-state index in [4.69, 9.17) is 4.74 Å². The van der Waals surface area contributed by atoms with Gasteiger partial charge in [-0.05, 0) is 69.4 Å². The zero-order chi connectivity index (χ0) is 24.5. The molecule has 1 aromatic rings. The number of aromatic nitrogens is 1. The number of rotatable bonds is 5. The summed E-state index contributed by atoms with van der Waals surface area (Å²) < 4.78 is 5.88. The Morgan fingerprint density at radius 3 is 2.62 bits per heavy atom. The van der Waals surface area contributed by atoms with Crippen molar-refractivity contribution in [1.82, 2.24) is 21.0 Å². The Bertz CT molecular complexity index is 995. The van der Waals surface area contributed by atoms with Crippen LogP contribution in [-0.2, 0) is 14.3 Å². The Kier molecular flexibility index (Phi) is 6.77. The van der Waals surface area contributed by atoms with Gasteiger partial charge in [-0.15, -0.1) is 0 Å². The molecule has 3 aliphatic rings. The number of amides is 3. The largest absolute Gasteiger partial charge is 0.435 e. The van der Waals surface area contributed by atoms with E-state index in [0.29, 0.717) is 24.7 Å². The molecule has 10 nitrogen and oxygen atoms in total. The van der Waals surface area contributed by atoms with E-state index in [1.807, 2.05) is 20.0 Å². The summed E-state index contributed by atoms with van der Waals surface area (Å²) in [4.78, 5) is 42.4. The standard InChI is InChI=1S/C24H34N6O4/c1-14-12-30(13-14)19-9-15(2)18(11-26-19)20-24(34-23(33)29-28-20)7-5-17(6-8-24)10-16(3)27-22(32)21(31)25-4/h9,11,14,16-17H,5-8,10,12-13H2,1-4H3,(H,25,31)(H,27,32)(H,29,33)/t16-,17?,24?/m0/s1. The van der Waals surface area contributed by atoms with Gasteiger partial charge in [0.15, 0.2) is 5.60 Å². The number of ether oxygens (including phenoxy) is 1. The topological polar surface area (TPSA) is 125 Å². The maximum Gasteiger partial charge on any atom is 0.428 e. The third-order valence-electron chi connectivity index (χ3n) is 7.13. The number of nitrogens with zero attached hydrogens (tertiary/aromatic N) is 3. The van der Waals surface area contributed by atoms with Crippen molar-refractivity contribution < 1.29 is 19.1 Å². The number of likely N-dealkylation sites (N-methyl/N-ethyl adjacent to an activating group) is 1. The monoisotopic (exact) mass is 470 g/mol. The lowest BCUT2D eigenvalue weighted by Gasteiger charge is -2.42. The molecule has 1 spiro atoms. The molecule has 3 N–H and O–H groups in total. The molecule has 1 atom stereocenters. The molecule has 4 rings (SSSR count). The van der Waals surface area contributed by atoms with E-state index in [9.17, 15) is 14.4 Å². The van der Waals surface area contributed by atoms with Gasteiger partial charge in [-0.3, -0.25) is 9.59 Å². The van der Waals surface area contributed by atoms with Gasteiger partial charge in [0, 0.05) is 37.9 Å². The van der Waals surface area contributed by atoms with E-state index in [1.54, 1.807) is 0 Å². The molecule has 2 aliphatic heterocycles. The van der Waals surface area contributed by atoms with E-state index in [1.165, 1.54) is 7.05 Å². The number of hydrazone groups is 1. The molecule has 3 heterocycles. The number of hydrogen-bond acceptors (Lipinski definition) is 7. The highest BCUT2D eigenvalue weighted by molar-refractivity contribution is 6.35. The molecular formula is C24H34N6O4. The quantitative estimate of drug-likeness (QED) is 0.564. The fourth-order valence-corrected chi connectivity index (χ4v) is 5.29. The Balaban J connectivity index is 1.44. The molecule has 0 aromatic carbocycles. The number of carbonyl (C=O) groups is 3. The van der Waals surface area contributed by atoms with Gasteiger partial charge in [-0.1, -0.05) is 6.92 Å². The predicted molar refractivity (Wildman–Crippen MR) is 127 cm³/mol. The van der Waals surface area contributed by atoms with Crippen LogP contribution in [0.3, 0.4) is 0 Å². The Hall–Kier alpha value is -3.17. The van der Waals surface area contributed by atoms with Crippen molar-refractivity contribution in [2.75, 3.05) is 25.0 Å². The summed E-state index contributed by atoms with van der Waals surface area (Å²) in [7, 11) is 1.43. The fraction of sp³-hybridized carbons (Fsp3) is 0.625. The smallest absolute Gasteiger partial charge is 0.428 e. The van der Waals surface area contributed by atoms with E-state index < -0.39 is 23.5 Å². The number of hydrogen-bond donors (Lipinski definition) is 3. The first-order chi connectivity index (χ1) is 16.2. The summed E-state index contributed by atoms with van der Waals surface area (Å²) in [6.45, 7) is 8.20. The number of anilines is 1. The third kappa shape index (κ3) is 4.85. The van der Waals surface area contributed by atoms with Crippen LogP contribution in [0.5, 0.6) is 0 Å².